The second kappa shape index (κ2) is 5.04. The van der Waals surface area contributed by atoms with Crippen molar-refractivity contribution in [1.82, 2.24) is 0 Å². The Morgan fingerprint density at radius 2 is 2.00 bits per heavy atom. The van der Waals surface area contributed by atoms with E-state index in [1.54, 1.807) is 21.3 Å². The van der Waals surface area contributed by atoms with Crippen LogP contribution in [0.1, 0.15) is 20.3 Å². The number of methoxy groups -OCH3 is 3. The molecule has 1 saturated heterocycles. The van der Waals surface area contributed by atoms with Gasteiger partial charge in [-0.15, -0.1) is 0 Å². The molecule has 16 heavy (non-hydrogen) atoms. The zero-order valence-corrected chi connectivity index (χ0v) is 10.8. The lowest BCUT2D eigenvalue weighted by Crippen LogP contribution is -2.61. The highest BCUT2D eigenvalue weighted by molar-refractivity contribution is 6.11. The molecule has 1 heterocycles. The molecule has 0 bridgehead atoms. The molecule has 0 aromatic carbocycles. The van der Waals surface area contributed by atoms with E-state index < -0.39 is 11.2 Å². The standard InChI is InChI=1S/C11H21BO4/c1-10(2,15-5)11(7-13-3)8(14-4)6-9(12)16-11/h8-9H,6-7H2,1-5H3/t8-,9-,11-/m1/s1. The van der Waals surface area contributed by atoms with Crippen LogP contribution in [0.4, 0.5) is 0 Å². The molecule has 4 nitrogen and oxygen atoms in total. The van der Waals surface area contributed by atoms with Crippen molar-refractivity contribution in [3.8, 4) is 0 Å². The third kappa shape index (κ3) is 2.14. The maximum atomic E-state index is 5.85. The van der Waals surface area contributed by atoms with Crippen LogP contribution in [-0.4, -0.2) is 59.1 Å². The normalized spacial score (nSPS) is 35.6. The summed E-state index contributed by atoms with van der Waals surface area (Å²) in [5, 5.41) is 0. The maximum absolute atomic E-state index is 5.85. The van der Waals surface area contributed by atoms with Gasteiger partial charge in [-0.05, 0) is 20.3 Å². The topological polar surface area (TPSA) is 36.9 Å². The summed E-state index contributed by atoms with van der Waals surface area (Å²) in [5.41, 5.74) is -1.19. The zero-order valence-electron chi connectivity index (χ0n) is 10.8. The van der Waals surface area contributed by atoms with Gasteiger partial charge in [-0.1, -0.05) is 0 Å². The van der Waals surface area contributed by atoms with Crippen molar-refractivity contribution in [2.75, 3.05) is 27.9 Å². The van der Waals surface area contributed by atoms with Crippen LogP contribution >= 0.6 is 0 Å². The fourth-order valence-corrected chi connectivity index (χ4v) is 2.30. The van der Waals surface area contributed by atoms with Gasteiger partial charge >= 0.3 is 0 Å². The predicted molar refractivity (Wildman–Crippen MR) is 61.7 cm³/mol. The summed E-state index contributed by atoms with van der Waals surface area (Å²) in [6.45, 7) is 4.30. The Balaban J connectivity index is 3.03. The summed E-state index contributed by atoms with van der Waals surface area (Å²) < 4.78 is 22.1. The van der Waals surface area contributed by atoms with Crippen LogP contribution in [-0.2, 0) is 18.9 Å². The van der Waals surface area contributed by atoms with E-state index in [1.165, 1.54) is 0 Å². The highest BCUT2D eigenvalue weighted by atomic mass is 16.6. The lowest BCUT2D eigenvalue weighted by atomic mass is 9.81. The number of ether oxygens (including phenoxy) is 4. The van der Waals surface area contributed by atoms with Gasteiger partial charge in [0.05, 0.1) is 18.3 Å². The molecule has 1 aliphatic heterocycles. The quantitative estimate of drug-likeness (QED) is 0.650. The molecule has 0 aromatic heterocycles. The van der Waals surface area contributed by atoms with Crippen molar-refractivity contribution in [2.24, 2.45) is 0 Å². The first-order valence-electron chi connectivity index (χ1n) is 5.44. The van der Waals surface area contributed by atoms with Crippen LogP contribution in [0.2, 0.25) is 0 Å². The third-order valence-corrected chi connectivity index (χ3v) is 3.50. The molecule has 3 atom stereocenters. The average Bonchev–Trinajstić information content (AvgIpc) is 2.57. The molecule has 1 rings (SSSR count). The van der Waals surface area contributed by atoms with Crippen molar-refractivity contribution in [1.29, 1.82) is 0 Å². The van der Waals surface area contributed by atoms with E-state index in [-0.39, 0.29) is 12.1 Å². The summed E-state index contributed by atoms with van der Waals surface area (Å²) >= 11 is 0. The number of hydrogen-bond acceptors (Lipinski definition) is 4. The van der Waals surface area contributed by atoms with Crippen molar-refractivity contribution >= 4 is 7.85 Å². The van der Waals surface area contributed by atoms with E-state index in [9.17, 15) is 0 Å². The fraction of sp³-hybridized carbons (Fsp3) is 1.00. The Labute approximate surface area is 99.0 Å². The lowest BCUT2D eigenvalue weighted by Gasteiger charge is -2.45. The maximum Gasteiger partial charge on any atom is 0.145 e. The Morgan fingerprint density at radius 1 is 1.38 bits per heavy atom. The summed E-state index contributed by atoms with van der Waals surface area (Å²) in [5.74, 6) is 0. The van der Waals surface area contributed by atoms with Crippen molar-refractivity contribution < 1.29 is 18.9 Å². The van der Waals surface area contributed by atoms with E-state index in [2.05, 4.69) is 0 Å². The highest BCUT2D eigenvalue weighted by Crippen LogP contribution is 2.41. The van der Waals surface area contributed by atoms with Gasteiger partial charge in [0.15, 0.2) is 0 Å². The molecule has 92 valence electrons. The van der Waals surface area contributed by atoms with Gasteiger partial charge < -0.3 is 18.9 Å². The van der Waals surface area contributed by atoms with Gasteiger partial charge in [-0.3, -0.25) is 0 Å². The molecule has 0 amide bonds. The van der Waals surface area contributed by atoms with Gasteiger partial charge in [0, 0.05) is 27.3 Å². The number of hydrogen-bond donors (Lipinski definition) is 0. The van der Waals surface area contributed by atoms with Crippen LogP contribution in [0.5, 0.6) is 0 Å². The predicted octanol–water partition coefficient (Wildman–Crippen LogP) is 0.726. The summed E-state index contributed by atoms with van der Waals surface area (Å²) in [6.07, 6.45) is 0.518. The highest BCUT2D eigenvalue weighted by Gasteiger charge is 2.57. The molecule has 0 unspecified atom stereocenters. The van der Waals surface area contributed by atoms with Gasteiger partial charge in [0.2, 0.25) is 0 Å². The molecule has 0 aliphatic carbocycles. The Kier molecular flexibility index (Phi) is 4.40. The Hall–Kier alpha value is -0.0951. The molecular weight excluding hydrogens is 207 g/mol. The molecule has 5 heteroatoms. The van der Waals surface area contributed by atoms with Gasteiger partial charge in [-0.2, -0.15) is 0 Å². The molecule has 1 aliphatic rings. The summed E-state index contributed by atoms with van der Waals surface area (Å²) in [6, 6.07) is -0.338. The van der Waals surface area contributed by atoms with E-state index >= 15 is 0 Å². The van der Waals surface area contributed by atoms with Crippen molar-refractivity contribution in [3.63, 3.8) is 0 Å². The van der Waals surface area contributed by atoms with Gasteiger partial charge in [-0.25, -0.2) is 0 Å². The van der Waals surface area contributed by atoms with Gasteiger partial charge in [0.25, 0.3) is 0 Å². The lowest BCUT2D eigenvalue weighted by molar-refractivity contribution is -0.219. The van der Waals surface area contributed by atoms with Gasteiger partial charge in [0.1, 0.15) is 13.4 Å². The molecule has 2 radical (unpaired) electrons. The minimum atomic E-state index is -0.662. The molecular formula is C11H21BO4. The van der Waals surface area contributed by atoms with E-state index in [0.717, 1.165) is 0 Å². The minimum absolute atomic E-state index is 0.127. The van der Waals surface area contributed by atoms with Crippen molar-refractivity contribution in [3.05, 3.63) is 0 Å². The van der Waals surface area contributed by atoms with Crippen LogP contribution in [0.3, 0.4) is 0 Å². The molecule has 0 saturated carbocycles. The minimum Gasteiger partial charge on any atom is -0.381 e. The van der Waals surface area contributed by atoms with Crippen LogP contribution in [0, 0.1) is 0 Å². The Bertz CT molecular complexity index is 234. The first-order chi connectivity index (χ1) is 7.43. The second-order valence-electron chi connectivity index (χ2n) is 4.65. The molecule has 0 aromatic rings. The monoisotopic (exact) mass is 228 g/mol. The molecule has 0 spiro atoms. The van der Waals surface area contributed by atoms with E-state index in [0.29, 0.717) is 13.0 Å². The van der Waals surface area contributed by atoms with E-state index in [1.807, 2.05) is 13.8 Å². The largest absolute Gasteiger partial charge is 0.381 e. The first-order valence-corrected chi connectivity index (χ1v) is 5.44. The number of rotatable bonds is 5. The SMILES string of the molecule is [B][C@H]1C[C@@H](OC)[C@](COC)(C(C)(C)OC)O1. The zero-order chi connectivity index (χ0) is 12.4. The van der Waals surface area contributed by atoms with Crippen molar-refractivity contribution in [2.45, 2.75) is 43.6 Å². The second-order valence-corrected chi connectivity index (χ2v) is 4.65. The first kappa shape index (κ1) is 14.0. The average molecular weight is 228 g/mol. The third-order valence-electron chi connectivity index (χ3n) is 3.50. The van der Waals surface area contributed by atoms with Crippen LogP contribution in [0.25, 0.3) is 0 Å². The Morgan fingerprint density at radius 3 is 2.44 bits per heavy atom. The summed E-state index contributed by atoms with van der Waals surface area (Å²) in [7, 11) is 10.8. The fourth-order valence-electron chi connectivity index (χ4n) is 2.30. The van der Waals surface area contributed by atoms with E-state index in [4.69, 9.17) is 26.8 Å². The molecule has 0 N–H and O–H groups in total. The van der Waals surface area contributed by atoms with Crippen LogP contribution < -0.4 is 0 Å². The van der Waals surface area contributed by atoms with Crippen LogP contribution in [0.15, 0.2) is 0 Å². The molecule has 1 fully saturated rings. The smallest absolute Gasteiger partial charge is 0.145 e. The summed E-state index contributed by atoms with van der Waals surface area (Å²) in [4.78, 5) is 0.